The molecule has 7 nitrogen and oxygen atoms in total. The van der Waals surface area contributed by atoms with E-state index in [2.05, 4.69) is 72.9 Å². The van der Waals surface area contributed by atoms with Crippen molar-refractivity contribution in [1.29, 1.82) is 0 Å². The van der Waals surface area contributed by atoms with Crippen LogP contribution in [0.25, 0.3) is 11.3 Å². The van der Waals surface area contributed by atoms with E-state index in [1.807, 2.05) is 53.6 Å². The highest BCUT2D eigenvalue weighted by molar-refractivity contribution is 5.68. The van der Waals surface area contributed by atoms with Crippen LogP contribution in [0.2, 0.25) is 0 Å². The monoisotopic (exact) mass is 540 g/mol. The Kier molecular flexibility index (Phi) is 9.74. The molecule has 0 saturated carbocycles. The molecule has 1 heterocycles. The van der Waals surface area contributed by atoms with Gasteiger partial charge in [-0.15, -0.1) is 0 Å². The summed E-state index contributed by atoms with van der Waals surface area (Å²) in [6.07, 6.45) is 6.21. The molecule has 1 amide bonds. The molecule has 0 aliphatic heterocycles. The Morgan fingerprint density at radius 3 is 2.27 bits per heavy atom. The van der Waals surface area contributed by atoms with Crippen molar-refractivity contribution < 1.29 is 14.6 Å². The van der Waals surface area contributed by atoms with Crippen LogP contribution in [-0.4, -0.2) is 47.0 Å². The van der Waals surface area contributed by atoms with Crippen molar-refractivity contribution in [3.05, 3.63) is 114 Å². The van der Waals surface area contributed by atoms with Crippen LogP contribution < -0.4 is 10.7 Å². The number of amides is 1. The summed E-state index contributed by atoms with van der Waals surface area (Å²) in [5, 5.41) is 16.1. The summed E-state index contributed by atoms with van der Waals surface area (Å²) in [6.45, 7) is 7.19. The van der Waals surface area contributed by atoms with Crippen molar-refractivity contribution in [2.45, 2.75) is 52.3 Å². The van der Waals surface area contributed by atoms with Gasteiger partial charge >= 0.3 is 6.09 Å². The van der Waals surface area contributed by atoms with E-state index in [0.717, 1.165) is 34.5 Å². The first-order chi connectivity index (χ1) is 19.2. The number of methoxy groups -OCH3 is 1. The largest absolute Gasteiger partial charge is 0.453 e. The molecule has 0 spiro atoms. The molecule has 210 valence electrons. The van der Waals surface area contributed by atoms with Crippen molar-refractivity contribution in [1.82, 2.24) is 20.7 Å². The zero-order valence-electron chi connectivity index (χ0n) is 23.8. The molecular weight excluding hydrogens is 500 g/mol. The van der Waals surface area contributed by atoms with E-state index in [1.54, 1.807) is 6.20 Å². The number of aromatic nitrogens is 1. The fourth-order valence-corrected chi connectivity index (χ4v) is 4.59. The summed E-state index contributed by atoms with van der Waals surface area (Å²) in [7, 11) is 1.37. The Morgan fingerprint density at radius 1 is 0.975 bits per heavy atom. The van der Waals surface area contributed by atoms with Gasteiger partial charge in [-0.3, -0.25) is 4.98 Å². The molecular formula is C33H40N4O3. The molecule has 0 fully saturated rings. The predicted octanol–water partition coefficient (Wildman–Crippen LogP) is 5.64. The third-order valence-electron chi connectivity index (χ3n) is 6.85. The van der Waals surface area contributed by atoms with Gasteiger partial charge in [0.15, 0.2) is 0 Å². The lowest BCUT2D eigenvalue weighted by Gasteiger charge is -2.37. The average Bonchev–Trinajstić information content (AvgIpc) is 3.80. The highest BCUT2D eigenvalue weighted by Crippen LogP contribution is 2.31. The van der Waals surface area contributed by atoms with Gasteiger partial charge < -0.3 is 20.6 Å². The molecule has 3 aromatic rings. The number of rotatable bonds is 12. The summed E-state index contributed by atoms with van der Waals surface area (Å²) >= 11 is 0. The number of nitrogens with one attached hydrogen (secondary N) is 2. The minimum Gasteiger partial charge on any atom is -0.453 e. The van der Waals surface area contributed by atoms with Crippen LogP contribution in [0.4, 0.5) is 4.79 Å². The third-order valence-corrected chi connectivity index (χ3v) is 6.85. The first-order valence-corrected chi connectivity index (χ1v) is 13.7. The second kappa shape index (κ2) is 13.4. The quantitative estimate of drug-likeness (QED) is 0.258. The summed E-state index contributed by atoms with van der Waals surface area (Å²) in [5.74, 6) is 0. The molecule has 2 atom stereocenters. The van der Waals surface area contributed by atoms with Crippen molar-refractivity contribution in [3.63, 3.8) is 0 Å². The minimum atomic E-state index is -0.555. The van der Waals surface area contributed by atoms with Crippen LogP contribution >= 0.6 is 0 Å². The number of carbonyl (C=O) groups excluding carboxylic acids is 1. The Hall–Kier alpha value is -3.94. The number of nitrogens with zero attached hydrogens (tertiary/aromatic N) is 2. The number of hydrogen-bond donors (Lipinski definition) is 3. The number of carbonyl (C=O) groups is 1. The fraction of sp³-hybridized carbons (Fsp3) is 0.333. The summed E-state index contributed by atoms with van der Waals surface area (Å²) in [5.41, 5.74) is 9.45. The number of aliphatic hydroxyl groups is 1. The fourth-order valence-electron chi connectivity index (χ4n) is 4.59. The number of benzene rings is 2. The van der Waals surface area contributed by atoms with Gasteiger partial charge in [0, 0.05) is 24.8 Å². The average molecular weight is 541 g/mol. The minimum absolute atomic E-state index is 0.296. The molecule has 1 aliphatic rings. The molecule has 0 unspecified atom stereocenters. The summed E-state index contributed by atoms with van der Waals surface area (Å²) in [6, 6.07) is 24.1. The van der Waals surface area contributed by atoms with Crippen LogP contribution in [-0.2, 0) is 17.7 Å². The number of hydrogen-bond acceptors (Lipinski definition) is 6. The molecule has 40 heavy (non-hydrogen) atoms. The molecule has 2 aromatic carbocycles. The maximum atomic E-state index is 12.3. The lowest BCUT2D eigenvalue weighted by atomic mass is 9.84. The third kappa shape index (κ3) is 8.53. The van der Waals surface area contributed by atoms with Gasteiger partial charge in [0.1, 0.15) is 0 Å². The number of hydrazine groups is 1. The molecule has 1 aromatic heterocycles. The number of aliphatic hydroxyl groups excluding tert-OH is 1. The maximum absolute atomic E-state index is 12.3. The second-order valence-electron chi connectivity index (χ2n) is 11.2. The Labute approximate surface area is 237 Å². The van der Waals surface area contributed by atoms with E-state index < -0.39 is 12.2 Å². The molecule has 3 N–H and O–H groups in total. The highest BCUT2D eigenvalue weighted by atomic mass is 16.5. The van der Waals surface area contributed by atoms with Crippen molar-refractivity contribution in [2.24, 2.45) is 5.41 Å². The topological polar surface area (TPSA) is 86.7 Å². The maximum Gasteiger partial charge on any atom is 0.407 e. The second-order valence-corrected chi connectivity index (χ2v) is 11.2. The number of aryl methyl sites for hydroxylation is 1. The van der Waals surface area contributed by atoms with Crippen molar-refractivity contribution >= 4 is 6.09 Å². The number of ether oxygens (including phenoxy) is 1. The van der Waals surface area contributed by atoms with Gasteiger partial charge in [0.05, 0.1) is 30.6 Å². The Morgan fingerprint density at radius 2 is 1.68 bits per heavy atom. The Balaban J connectivity index is 1.54. The van der Waals surface area contributed by atoms with E-state index in [9.17, 15) is 9.90 Å². The standard InChI is InChI=1S/C33H40N4O3/c1-33(2,3)31(35-32(39)40-4)30(27-18-19-27)36-37(23-28(38)20-15-24-10-6-5-7-11-24)22-25-13-16-26(17-14-25)29-12-8-9-21-34-29/h5-14,16-19,21,28,31,36,38H,15,20,22-23H2,1-4H3,(H,35,39)/t28-,31-/m1/s1. The predicted molar refractivity (Wildman–Crippen MR) is 159 cm³/mol. The van der Waals surface area contributed by atoms with E-state index in [1.165, 1.54) is 12.7 Å². The van der Waals surface area contributed by atoms with Gasteiger partial charge in [-0.2, -0.15) is 0 Å². The highest BCUT2D eigenvalue weighted by Gasteiger charge is 2.34. The normalized spacial score (nSPS) is 14.0. The van der Waals surface area contributed by atoms with Crippen LogP contribution in [0.3, 0.4) is 0 Å². The van der Waals surface area contributed by atoms with Gasteiger partial charge in [-0.05, 0) is 47.1 Å². The Bertz CT molecular complexity index is 1290. The summed E-state index contributed by atoms with van der Waals surface area (Å²) < 4.78 is 4.93. The lowest BCUT2D eigenvalue weighted by molar-refractivity contribution is 0.0742. The number of pyridine rings is 1. The smallest absolute Gasteiger partial charge is 0.407 e. The van der Waals surface area contributed by atoms with Crippen molar-refractivity contribution in [2.75, 3.05) is 13.7 Å². The van der Waals surface area contributed by atoms with E-state index in [4.69, 9.17) is 4.74 Å². The van der Waals surface area contributed by atoms with Crippen LogP contribution in [0.5, 0.6) is 0 Å². The first kappa shape index (κ1) is 29.1. The van der Waals surface area contributed by atoms with Crippen LogP contribution in [0.1, 0.15) is 38.3 Å². The molecule has 1 aliphatic carbocycles. The zero-order chi connectivity index (χ0) is 28.5. The van der Waals surface area contributed by atoms with Gasteiger partial charge in [-0.1, -0.05) is 93.6 Å². The van der Waals surface area contributed by atoms with E-state index in [-0.39, 0.29) is 11.5 Å². The van der Waals surface area contributed by atoms with Crippen molar-refractivity contribution in [3.8, 4) is 11.3 Å². The molecule has 0 bridgehead atoms. The number of alkyl carbamates (subject to hydrolysis) is 1. The SMILES string of the molecule is COC(=O)N[C@H](C(NN(Cc1ccc(-c2ccccn2)cc1)C[C@H](O)CCc1ccccc1)=C1C=C1)C(C)(C)C. The van der Waals surface area contributed by atoms with E-state index in [0.29, 0.717) is 19.5 Å². The molecule has 4 rings (SSSR count). The lowest BCUT2D eigenvalue weighted by Crippen LogP contribution is -2.52. The van der Waals surface area contributed by atoms with E-state index >= 15 is 0 Å². The zero-order valence-corrected chi connectivity index (χ0v) is 23.8. The summed E-state index contributed by atoms with van der Waals surface area (Å²) in [4.78, 5) is 16.7. The van der Waals surface area contributed by atoms with Gasteiger partial charge in [0.25, 0.3) is 0 Å². The first-order valence-electron chi connectivity index (χ1n) is 13.7. The number of allylic oxidation sites excluding steroid dienone is 3. The molecule has 7 heteroatoms. The van der Waals surface area contributed by atoms with Crippen LogP contribution in [0, 0.1) is 5.41 Å². The molecule has 0 radical (unpaired) electrons. The van der Waals surface area contributed by atoms with Crippen LogP contribution in [0.15, 0.2) is 102 Å². The van der Waals surface area contributed by atoms with Gasteiger partial charge in [0.2, 0.25) is 0 Å². The molecule has 0 saturated heterocycles. The van der Waals surface area contributed by atoms with Gasteiger partial charge in [-0.25, -0.2) is 9.80 Å².